The highest BCUT2D eigenvalue weighted by atomic mass is 32.1. The zero-order valence-corrected chi connectivity index (χ0v) is 16.1. The third-order valence-corrected chi connectivity index (χ3v) is 5.06. The van der Waals surface area contributed by atoms with E-state index in [1.54, 1.807) is 18.2 Å². The number of nitrogens with two attached hydrogens (primary N) is 1. The molecule has 8 heteroatoms. The molecule has 0 aliphatic heterocycles. The zero-order valence-electron chi connectivity index (χ0n) is 15.3. The zero-order chi connectivity index (χ0) is 20.1. The van der Waals surface area contributed by atoms with Gasteiger partial charge in [0.05, 0.1) is 19.9 Å². The Labute approximate surface area is 166 Å². The Morgan fingerprint density at radius 2 is 1.79 bits per heavy atom. The molecule has 1 amide bonds. The molecule has 0 bridgehead atoms. The molecule has 28 heavy (non-hydrogen) atoms. The Bertz CT molecular complexity index is 1040. The first-order valence-corrected chi connectivity index (χ1v) is 9.06. The molecule has 142 valence electrons. The number of para-hydroxylation sites is 1. The molecule has 0 saturated carbocycles. The van der Waals surface area contributed by atoms with E-state index >= 15 is 0 Å². The van der Waals surface area contributed by atoms with Gasteiger partial charge in [-0.25, -0.2) is 0 Å². The highest BCUT2D eigenvalue weighted by molar-refractivity contribution is 7.19. The highest BCUT2D eigenvalue weighted by Gasteiger charge is 2.21. The number of thiophene rings is 1. The molecule has 1 aromatic heterocycles. The Morgan fingerprint density at radius 1 is 1.07 bits per heavy atom. The maximum Gasteiger partial charge on any atom is 0.267 e. The molecular weight excluding hydrogens is 376 g/mol. The number of ether oxygens (including phenoxy) is 2. The first-order chi connectivity index (χ1) is 13.6. The topological polar surface area (TPSA) is 109 Å². The minimum atomic E-state index is -0.410. The largest absolute Gasteiger partial charge is 0.493 e. The first kappa shape index (κ1) is 19.1. The number of anilines is 4. The second-order valence-electron chi connectivity index (χ2n) is 5.68. The van der Waals surface area contributed by atoms with E-state index < -0.39 is 5.91 Å². The summed E-state index contributed by atoms with van der Waals surface area (Å²) in [5.74, 6) is 0.633. The number of methoxy groups -OCH3 is 2. The number of rotatable bonds is 6. The number of carbonyl (C=O) groups excluding carboxylic acids is 1. The number of hydrogen-bond acceptors (Lipinski definition) is 7. The van der Waals surface area contributed by atoms with Crippen molar-refractivity contribution in [3.63, 3.8) is 0 Å². The smallest absolute Gasteiger partial charge is 0.267 e. The van der Waals surface area contributed by atoms with Gasteiger partial charge in [-0.15, -0.1) is 11.3 Å². The summed E-state index contributed by atoms with van der Waals surface area (Å²) in [6.45, 7) is 0. The Hall–Kier alpha value is -3.70. The van der Waals surface area contributed by atoms with Gasteiger partial charge in [0.1, 0.15) is 21.5 Å². The van der Waals surface area contributed by atoms with Gasteiger partial charge in [-0.1, -0.05) is 18.2 Å². The van der Waals surface area contributed by atoms with E-state index in [0.29, 0.717) is 22.2 Å². The summed E-state index contributed by atoms with van der Waals surface area (Å²) in [4.78, 5) is 13.0. The minimum absolute atomic E-state index is 0.143. The van der Waals surface area contributed by atoms with Gasteiger partial charge in [-0.2, -0.15) is 5.26 Å². The lowest BCUT2D eigenvalue weighted by Gasteiger charge is -2.10. The summed E-state index contributed by atoms with van der Waals surface area (Å²) in [6.07, 6.45) is 0. The molecule has 3 rings (SSSR count). The summed E-state index contributed by atoms with van der Waals surface area (Å²) >= 11 is 1.12. The standard InChI is InChI=1S/C20H18N4O3S/c1-26-15-9-8-13(10-16(15)27-2)23-19(25)18-17(22)14(11-21)20(28-18)24-12-6-4-3-5-7-12/h3-10,24H,22H2,1-2H3,(H,23,25). The van der Waals surface area contributed by atoms with Gasteiger partial charge < -0.3 is 25.8 Å². The van der Waals surface area contributed by atoms with Crippen LogP contribution in [0.25, 0.3) is 0 Å². The van der Waals surface area contributed by atoms with Crippen molar-refractivity contribution in [2.75, 3.05) is 30.6 Å². The van der Waals surface area contributed by atoms with Gasteiger partial charge in [0, 0.05) is 17.4 Å². The summed E-state index contributed by atoms with van der Waals surface area (Å²) in [7, 11) is 3.05. The van der Waals surface area contributed by atoms with E-state index in [1.807, 2.05) is 30.3 Å². The van der Waals surface area contributed by atoms with Crippen LogP contribution in [0.1, 0.15) is 15.2 Å². The van der Waals surface area contributed by atoms with Crippen LogP contribution in [0.2, 0.25) is 0 Å². The quantitative estimate of drug-likeness (QED) is 0.578. The third kappa shape index (κ3) is 3.84. The normalized spacial score (nSPS) is 10.0. The lowest BCUT2D eigenvalue weighted by atomic mass is 10.2. The number of amides is 1. The summed E-state index contributed by atoms with van der Waals surface area (Å²) in [6, 6.07) is 16.4. The molecule has 0 radical (unpaired) electrons. The molecule has 0 atom stereocenters. The number of nitrogen functional groups attached to an aromatic ring is 1. The Morgan fingerprint density at radius 3 is 2.43 bits per heavy atom. The van der Waals surface area contributed by atoms with Gasteiger partial charge in [0.25, 0.3) is 5.91 Å². The molecular formula is C20H18N4O3S. The molecule has 2 aromatic carbocycles. The van der Waals surface area contributed by atoms with E-state index in [9.17, 15) is 10.1 Å². The number of hydrogen-bond donors (Lipinski definition) is 3. The second-order valence-corrected chi connectivity index (χ2v) is 6.70. The Kier molecular flexibility index (Phi) is 5.67. The number of nitrogens with one attached hydrogen (secondary N) is 2. The molecule has 0 saturated heterocycles. The van der Waals surface area contributed by atoms with E-state index in [0.717, 1.165) is 17.0 Å². The van der Waals surface area contributed by atoms with Crippen molar-refractivity contribution in [3.05, 3.63) is 59.0 Å². The number of carbonyl (C=O) groups is 1. The maximum atomic E-state index is 12.7. The summed E-state index contributed by atoms with van der Waals surface area (Å²) < 4.78 is 10.4. The van der Waals surface area contributed by atoms with Crippen LogP contribution in [0, 0.1) is 11.3 Å². The van der Waals surface area contributed by atoms with Crippen LogP contribution >= 0.6 is 11.3 Å². The average Bonchev–Trinajstić information content (AvgIpc) is 3.03. The summed E-state index contributed by atoms with van der Waals surface area (Å²) in [5, 5.41) is 15.9. The van der Waals surface area contributed by atoms with Crippen molar-refractivity contribution >= 4 is 39.3 Å². The molecule has 0 aliphatic carbocycles. The van der Waals surface area contributed by atoms with E-state index in [2.05, 4.69) is 16.7 Å². The van der Waals surface area contributed by atoms with Gasteiger partial charge >= 0.3 is 0 Å². The lowest BCUT2D eigenvalue weighted by molar-refractivity contribution is 0.103. The van der Waals surface area contributed by atoms with Crippen molar-refractivity contribution in [2.45, 2.75) is 0 Å². The molecule has 0 spiro atoms. The van der Waals surface area contributed by atoms with Crippen molar-refractivity contribution < 1.29 is 14.3 Å². The molecule has 3 aromatic rings. The van der Waals surface area contributed by atoms with E-state index in [4.69, 9.17) is 15.2 Å². The van der Waals surface area contributed by atoms with Gasteiger partial charge in [-0.3, -0.25) is 4.79 Å². The average molecular weight is 394 g/mol. The van der Waals surface area contributed by atoms with Crippen molar-refractivity contribution in [2.24, 2.45) is 0 Å². The molecule has 4 N–H and O–H groups in total. The monoisotopic (exact) mass is 394 g/mol. The Balaban J connectivity index is 1.87. The fourth-order valence-electron chi connectivity index (χ4n) is 2.57. The van der Waals surface area contributed by atoms with Crippen LogP contribution in [-0.2, 0) is 0 Å². The van der Waals surface area contributed by atoms with Crippen LogP contribution in [0.4, 0.5) is 22.1 Å². The third-order valence-electron chi connectivity index (χ3n) is 3.94. The van der Waals surface area contributed by atoms with Gasteiger partial charge in [0.2, 0.25) is 0 Å². The minimum Gasteiger partial charge on any atom is -0.493 e. The fraction of sp³-hybridized carbons (Fsp3) is 0.100. The molecule has 0 aliphatic rings. The van der Waals surface area contributed by atoms with Crippen LogP contribution < -0.4 is 25.8 Å². The maximum absolute atomic E-state index is 12.7. The highest BCUT2D eigenvalue weighted by Crippen LogP contribution is 2.38. The molecule has 7 nitrogen and oxygen atoms in total. The molecule has 0 fully saturated rings. The van der Waals surface area contributed by atoms with E-state index in [1.165, 1.54) is 14.2 Å². The van der Waals surface area contributed by atoms with Gasteiger partial charge in [0.15, 0.2) is 11.5 Å². The van der Waals surface area contributed by atoms with Crippen molar-refractivity contribution in [3.8, 4) is 17.6 Å². The predicted octanol–water partition coefficient (Wildman–Crippen LogP) is 4.22. The summed E-state index contributed by atoms with van der Waals surface area (Å²) in [5.41, 5.74) is 7.77. The number of benzene rings is 2. The molecule has 0 unspecified atom stereocenters. The van der Waals surface area contributed by atoms with Crippen molar-refractivity contribution in [1.82, 2.24) is 0 Å². The van der Waals surface area contributed by atoms with E-state index in [-0.39, 0.29) is 16.1 Å². The van der Waals surface area contributed by atoms with Crippen molar-refractivity contribution in [1.29, 1.82) is 5.26 Å². The first-order valence-electron chi connectivity index (χ1n) is 8.25. The SMILES string of the molecule is COc1ccc(NC(=O)c2sc(Nc3ccccc3)c(C#N)c2N)cc1OC. The van der Waals surface area contributed by atoms with Crippen LogP contribution in [0.15, 0.2) is 48.5 Å². The number of nitrogens with zero attached hydrogens (tertiary/aromatic N) is 1. The second kappa shape index (κ2) is 8.33. The molecule has 1 heterocycles. The van der Waals surface area contributed by atoms with Crippen LogP contribution in [0.5, 0.6) is 11.5 Å². The van der Waals surface area contributed by atoms with Gasteiger partial charge in [-0.05, 0) is 24.3 Å². The van der Waals surface area contributed by atoms with Crippen LogP contribution in [0.3, 0.4) is 0 Å². The fourth-order valence-corrected chi connectivity index (χ4v) is 3.55. The van der Waals surface area contributed by atoms with Crippen LogP contribution in [-0.4, -0.2) is 20.1 Å². The number of nitriles is 1. The predicted molar refractivity (Wildman–Crippen MR) is 111 cm³/mol. The lowest BCUT2D eigenvalue weighted by Crippen LogP contribution is -2.12.